The van der Waals surface area contributed by atoms with Crippen molar-refractivity contribution in [1.29, 1.82) is 0 Å². The fraction of sp³-hybridized carbons (Fsp3) is 0.571. The molecule has 1 saturated carbocycles. The van der Waals surface area contributed by atoms with Gasteiger partial charge in [0.25, 0.3) is 5.91 Å². The third-order valence-electron chi connectivity index (χ3n) is 3.48. The number of hydrogen-bond donors (Lipinski definition) is 2. The molecule has 0 unspecified atom stereocenters. The number of amides is 1. The third-order valence-corrected chi connectivity index (χ3v) is 4.47. The average Bonchev–Trinajstić information content (AvgIpc) is 2.79. The normalized spacial score (nSPS) is 14.5. The quantitative estimate of drug-likeness (QED) is 0.718. The van der Waals surface area contributed by atoms with E-state index in [4.69, 9.17) is 10.5 Å². The first kappa shape index (κ1) is 15.8. The van der Waals surface area contributed by atoms with Gasteiger partial charge in [-0.15, -0.1) is 6.58 Å². The van der Waals surface area contributed by atoms with Crippen LogP contribution < -0.4 is 11.1 Å². The van der Waals surface area contributed by atoms with Crippen LogP contribution in [0.15, 0.2) is 12.7 Å². The van der Waals surface area contributed by atoms with Gasteiger partial charge in [0, 0.05) is 26.2 Å². The van der Waals surface area contributed by atoms with E-state index < -0.39 is 0 Å². The first-order valence-electron chi connectivity index (χ1n) is 7.07. The monoisotopic (exact) mass is 310 g/mol. The number of carbonyl (C=O) groups is 1. The topological polar surface area (TPSA) is 80.5 Å². The van der Waals surface area contributed by atoms with Crippen molar-refractivity contribution in [3.8, 4) is 0 Å². The highest BCUT2D eigenvalue weighted by Gasteiger charge is 2.24. The number of ether oxygens (including phenoxy) is 1. The lowest BCUT2D eigenvalue weighted by Crippen LogP contribution is -2.34. The maximum atomic E-state index is 12.5. The third kappa shape index (κ3) is 3.95. The zero-order valence-corrected chi connectivity index (χ0v) is 13.1. The van der Waals surface area contributed by atoms with Crippen molar-refractivity contribution in [2.24, 2.45) is 0 Å². The summed E-state index contributed by atoms with van der Waals surface area (Å²) >= 11 is 1.32. The van der Waals surface area contributed by atoms with Crippen LogP contribution in [0.25, 0.3) is 0 Å². The summed E-state index contributed by atoms with van der Waals surface area (Å²) in [4.78, 5) is 18.9. The van der Waals surface area contributed by atoms with Crippen molar-refractivity contribution in [3.05, 3.63) is 17.5 Å². The number of nitrogens with two attached hydrogens (primary N) is 1. The minimum atomic E-state index is -0.122. The van der Waals surface area contributed by atoms with E-state index >= 15 is 0 Å². The first-order chi connectivity index (χ1) is 10.2. The van der Waals surface area contributed by atoms with E-state index in [1.807, 2.05) is 0 Å². The molecule has 1 aliphatic rings. The van der Waals surface area contributed by atoms with Gasteiger partial charge in [-0.25, -0.2) is 4.98 Å². The van der Waals surface area contributed by atoms with Gasteiger partial charge in [0.2, 0.25) is 0 Å². The Morgan fingerprint density at radius 3 is 3.00 bits per heavy atom. The summed E-state index contributed by atoms with van der Waals surface area (Å²) in [6, 6.07) is 0.469. The zero-order chi connectivity index (χ0) is 15.2. The van der Waals surface area contributed by atoms with Crippen molar-refractivity contribution in [1.82, 2.24) is 9.88 Å². The number of carbonyl (C=O) groups excluding carboxylic acids is 1. The smallest absolute Gasteiger partial charge is 0.268 e. The number of thiazole rings is 1. The van der Waals surface area contributed by atoms with Gasteiger partial charge in [-0.3, -0.25) is 4.79 Å². The fourth-order valence-corrected chi connectivity index (χ4v) is 2.98. The predicted octanol–water partition coefficient (Wildman–Crippen LogP) is 1.96. The van der Waals surface area contributed by atoms with Gasteiger partial charge in [-0.05, 0) is 19.3 Å². The maximum Gasteiger partial charge on any atom is 0.268 e. The van der Waals surface area contributed by atoms with Crippen LogP contribution >= 0.6 is 11.3 Å². The number of aromatic nitrogens is 1. The van der Waals surface area contributed by atoms with Gasteiger partial charge >= 0.3 is 0 Å². The fourth-order valence-electron chi connectivity index (χ4n) is 2.05. The van der Waals surface area contributed by atoms with Gasteiger partial charge in [0.1, 0.15) is 10.7 Å². The Hall–Kier alpha value is -1.60. The summed E-state index contributed by atoms with van der Waals surface area (Å²) in [5.74, 6) is 0.168. The first-order valence-corrected chi connectivity index (χ1v) is 7.89. The van der Waals surface area contributed by atoms with Gasteiger partial charge in [0.15, 0.2) is 5.13 Å². The van der Waals surface area contributed by atoms with Crippen LogP contribution in [0.1, 0.15) is 28.9 Å². The van der Waals surface area contributed by atoms with E-state index in [0.29, 0.717) is 36.4 Å². The molecular weight excluding hydrogens is 288 g/mol. The second-order valence-corrected chi connectivity index (χ2v) is 6.04. The molecule has 7 heteroatoms. The Labute approximate surface area is 129 Å². The number of nitrogen functional groups attached to an aromatic ring is 1. The molecule has 0 aromatic carbocycles. The van der Waals surface area contributed by atoms with Crippen molar-refractivity contribution in [3.63, 3.8) is 0 Å². The molecule has 0 radical (unpaired) electrons. The molecule has 0 bridgehead atoms. The summed E-state index contributed by atoms with van der Waals surface area (Å²) in [5, 5.41) is 4.05. The molecule has 1 aliphatic carbocycles. The molecule has 0 aliphatic heterocycles. The molecule has 21 heavy (non-hydrogen) atoms. The average molecular weight is 310 g/mol. The lowest BCUT2D eigenvalue weighted by molar-refractivity contribution is 0.0723. The van der Waals surface area contributed by atoms with Crippen molar-refractivity contribution < 1.29 is 9.53 Å². The molecule has 3 N–H and O–H groups in total. The van der Waals surface area contributed by atoms with Crippen LogP contribution in [0.3, 0.4) is 0 Å². The SMILES string of the molecule is C=CCN(CCOC)C(=O)c1sc(NC2CCC2)nc1N. The van der Waals surface area contributed by atoms with E-state index in [1.165, 1.54) is 17.8 Å². The molecule has 1 amide bonds. The largest absolute Gasteiger partial charge is 0.383 e. The number of nitrogens with zero attached hydrogens (tertiary/aromatic N) is 2. The Bertz CT molecular complexity index is 499. The summed E-state index contributed by atoms with van der Waals surface area (Å²) in [6.45, 7) is 5.12. The van der Waals surface area contributed by atoms with Crippen LogP contribution in [-0.4, -0.2) is 48.6 Å². The molecule has 1 heterocycles. The lowest BCUT2D eigenvalue weighted by atomic mass is 9.93. The molecule has 116 valence electrons. The van der Waals surface area contributed by atoms with Gasteiger partial charge in [-0.2, -0.15) is 0 Å². The minimum Gasteiger partial charge on any atom is -0.383 e. The van der Waals surface area contributed by atoms with E-state index in [0.717, 1.165) is 18.0 Å². The van der Waals surface area contributed by atoms with Crippen LogP contribution in [0.5, 0.6) is 0 Å². The molecule has 2 rings (SSSR count). The summed E-state index contributed by atoms with van der Waals surface area (Å²) in [5.41, 5.74) is 5.89. The number of methoxy groups -OCH3 is 1. The minimum absolute atomic E-state index is 0.122. The summed E-state index contributed by atoms with van der Waals surface area (Å²) in [6.07, 6.45) is 5.24. The van der Waals surface area contributed by atoms with Gasteiger partial charge in [-0.1, -0.05) is 17.4 Å². The van der Waals surface area contributed by atoms with E-state index in [1.54, 1.807) is 18.1 Å². The number of rotatable bonds is 8. The van der Waals surface area contributed by atoms with Crippen molar-refractivity contribution in [2.75, 3.05) is 37.9 Å². The van der Waals surface area contributed by atoms with E-state index in [-0.39, 0.29) is 5.91 Å². The number of nitrogens with one attached hydrogen (secondary N) is 1. The maximum absolute atomic E-state index is 12.5. The molecule has 0 saturated heterocycles. The summed E-state index contributed by atoms with van der Waals surface area (Å²) < 4.78 is 5.03. The Morgan fingerprint density at radius 1 is 1.67 bits per heavy atom. The standard InChI is InChI=1S/C14H22N4O2S/c1-3-7-18(8-9-20-2)13(19)11-12(15)17-14(21-11)16-10-5-4-6-10/h3,10H,1,4-9,15H2,2H3,(H,16,17). The Kier molecular flexibility index (Phi) is 5.58. The van der Waals surface area contributed by atoms with Crippen LogP contribution in [0.2, 0.25) is 0 Å². The molecule has 0 atom stereocenters. The van der Waals surface area contributed by atoms with Gasteiger partial charge in [0.05, 0.1) is 6.61 Å². The van der Waals surface area contributed by atoms with Crippen molar-refractivity contribution >= 4 is 28.2 Å². The zero-order valence-electron chi connectivity index (χ0n) is 12.3. The van der Waals surface area contributed by atoms with Crippen LogP contribution in [-0.2, 0) is 4.74 Å². The van der Waals surface area contributed by atoms with Crippen LogP contribution in [0, 0.1) is 0 Å². The highest BCUT2D eigenvalue weighted by molar-refractivity contribution is 7.18. The second-order valence-electron chi connectivity index (χ2n) is 5.04. The summed E-state index contributed by atoms with van der Waals surface area (Å²) in [7, 11) is 1.61. The molecule has 1 aromatic heterocycles. The highest BCUT2D eigenvalue weighted by Crippen LogP contribution is 2.30. The molecule has 1 aromatic rings. The Morgan fingerprint density at radius 2 is 2.43 bits per heavy atom. The van der Waals surface area contributed by atoms with Crippen LogP contribution in [0.4, 0.5) is 10.9 Å². The second kappa shape index (κ2) is 7.42. The van der Waals surface area contributed by atoms with Gasteiger partial charge < -0.3 is 20.7 Å². The Balaban J connectivity index is 2.06. The molecular formula is C14H22N4O2S. The number of anilines is 2. The predicted molar refractivity (Wildman–Crippen MR) is 85.8 cm³/mol. The highest BCUT2D eigenvalue weighted by atomic mass is 32.1. The van der Waals surface area contributed by atoms with E-state index in [9.17, 15) is 4.79 Å². The van der Waals surface area contributed by atoms with Crippen molar-refractivity contribution in [2.45, 2.75) is 25.3 Å². The van der Waals surface area contributed by atoms with E-state index in [2.05, 4.69) is 16.9 Å². The lowest BCUT2D eigenvalue weighted by Gasteiger charge is -2.25. The number of hydrogen-bond acceptors (Lipinski definition) is 6. The molecule has 0 spiro atoms. The molecule has 1 fully saturated rings. The molecule has 6 nitrogen and oxygen atoms in total.